The lowest BCUT2D eigenvalue weighted by Crippen LogP contribution is -2.35. The molecular formula is C14H19FN2O2S. The molecule has 110 valence electrons. The van der Waals surface area contributed by atoms with Crippen LogP contribution in [-0.4, -0.2) is 25.8 Å². The maximum absolute atomic E-state index is 13.1. The van der Waals surface area contributed by atoms with Crippen LogP contribution >= 0.6 is 0 Å². The van der Waals surface area contributed by atoms with Gasteiger partial charge in [0.15, 0.2) is 0 Å². The van der Waals surface area contributed by atoms with Gasteiger partial charge in [0.05, 0.1) is 5.69 Å². The summed E-state index contributed by atoms with van der Waals surface area (Å²) in [7, 11) is -3.62. The van der Waals surface area contributed by atoms with Crippen molar-refractivity contribution in [3.05, 3.63) is 24.0 Å². The fraction of sp³-hybridized carbons (Fsp3) is 0.571. The van der Waals surface area contributed by atoms with Crippen LogP contribution in [-0.2, 0) is 10.0 Å². The molecule has 3 rings (SSSR count). The third kappa shape index (κ3) is 2.96. The summed E-state index contributed by atoms with van der Waals surface area (Å²) in [5.74, 6) is 0.438. The number of sulfonamides is 1. The number of benzene rings is 1. The lowest BCUT2D eigenvalue weighted by Gasteiger charge is -2.22. The van der Waals surface area contributed by atoms with Crippen LogP contribution in [0.1, 0.15) is 25.7 Å². The zero-order valence-corrected chi connectivity index (χ0v) is 12.1. The third-order valence-electron chi connectivity index (χ3n) is 3.91. The second-order valence-electron chi connectivity index (χ2n) is 5.89. The number of nitrogen functional groups attached to an aromatic ring is 1. The Morgan fingerprint density at radius 2 is 1.70 bits per heavy atom. The van der Waals surface area contributed by atoms with Gasteiger partial charge in [0.2, 0.25) is 10.0 Å². The first kappa shape index (κ1) is 13.8. The van der Waals surface area contributed by atoms with E-state index in [1.165, 1.54) is 6.07 Å². The second kappa shape index (κ2) is 5.00. The van der Waals surface area contributed by atoms with Crippen LogP contribution in [0.3, 0.4) is 0 Å². The summed E-state index contributed by atoms with van der Waals surface area (Å²) in [6.45, 7) is 1.13. The summed E-state index contributed by atoms with van der Waals surface area (Å²) >= 11 is 0. The van der Waals surface area contributed by atoms with Crippen molar-refractivity contribution < 1.29 is 12.8 Å². The van der Waals surface area contributed by atoms with Crippen LogP contribution in [0.5, 0.6) is 0 Å². The predicted molar refractivity (Wildman–Crippen MR) is 75.0 cm³/mol. The molecule has 0 saturated heterocycles. The summed E-state index contributed by atoms with van der Waals surface area (Å²) < 4.78 is 40.1. The molecule has 0 radical (unpaired) electrons. The predicted octanol–water partition coefficient (Wildman–Crippen LogP) is 2.22. The molecule has 2 saturated carbocycles. The van der Waals surface area contributed by atoms with Crippen molar-refractivity contribution in [2.45, 2.75) is 30.6 Å². The molecule has 0 unspecified atom stereocenters. The molecule has 0 bridgehead atoms. The van der Waals surface area contributed by atoms with Gasteiger partial charge in [-0.2, -0.15) is 4.31 Å². The van der Waals surface area contributed by atoms with Crippen molar-refractivity contribution >= 4 is 15.7 Å². The van der Waals surface area contributed by atoms with Crippen molar-refractivity contribution in [1.29, 1.82) is 0 Å². The minimum absolute atomic E-state index is 0.0124. The highest BCUT2D eigenvalue weighted by molar-refractivity contribution is 7.89. The van der Waals surface area contributed by atoms with Gasteiger partial charge in [-0.05, 0) is 55.7 Å². The maximum atomic E-state index is 13.1. The second-order valence-corrected chi connectivity index (χ2v) is 7.80. The number of hydrogen-bond acceptors (Lipinski definition) is 3. The normalized spacial score (nSPS) is 19.5. The van der Waals surface area contributed by atoms with Gasteiger partial charge in [0.1, 0.15) is 10.7 Å². The van der Waals surface area contributed by atoms with Crippen LogP contribution in [0.4, 0.5) is 10.1 Å². The fourth-order valence-electron chi connectivity index (χ4n) is 2.34. The molecule has 6 heteroatoms. The Bertz CT molecular complexity index is 596. The van der Waals surface area contributed by atoms with Crippen LogP contribution < -0.4 is 5.73 Å². The first-order chi connectivity index (χ1) is 9.46. The SMILES string of the molecule is Nc1cc(F)ccc1S(=O)(=O)N(CC1CC1)CC1CC1. The minimum atomic E-state index is -3.62. The zero-order valence-electron chi connectivity index (χ0n) is 11.3. The van der Waals surface area contributed by atoms with Crippen molar-refractivity contribution in [2.75, 3.05) is 18.8 Å². The largest absolute Gasteiger partial charge is 0.398 e. The van der Waals surface area contributed by atoms with Crippen molar-refractivity contribution in [3.8, 4) is 0 Å². The molecule has 1 aromatic carbocycles. The number of anilines is 1. The summed E-state index contributed by atoms with van der Waals surface area (Å²) in [5.41, 5.74) is 5.68. The van der Waals surface area contributed by atoms with Crippen molar-refractivity contribution in [2.24, 2.45) is 11.8 Å². The van der Waals surface area contributed by atoms with Crippen molar-refractivity contribution in [1.82, 2.24) is 4.31 Å². The summed E-state index contributed by atoms with van der Waals surface area (Å²) in [6.07, 6.45) is 4.37. The van der Waals surface area contributed by atoms with E-state index in [2.05, 4.69) is 0 Å². The van der Waals surface area contributed by atoms with Crippen LogP contribution in [0.25, 0.3) is 0 Å². The van der Waals surface area contributed by atoms with Gasteiger partial charge >= 0.3 is 0 Å². The first-order valence-electron chi connectivity index (χ1n) is 7.02. The zero-order chi connectivity index (χ0) is 14.3. The Labute approximate surface area is 118 Å². The van der Waals surface area contributed by atoms with E-state index < -0.39 is 15.8 Å². The molecule has 2 aliphatic carbocycles. The molecule has 2 N–H and O–H groups in total. The first-order valence-corrected chi connectivity index (χ1v) is 8.46. The van der Waals surface area contributed by atoms with Gasteiger partial charge in [0.25, 0.3) is 0 Å². The van der Waals surface area contributed by atoms with Crippen LogP contribution in [0.2, 0.25) is 0 Å². The Hall–Kier alpha value is -1.14. The molecule has 0 atom stereocenters. The molecule has 0 aromatic heterocycles. The molecular weight excluding hydrogens is 279 g/mol. The highest BCUT2D eigenvalue weighted by Crippen LogP contribution is 2.36. The van der Waals surface area contributed by atoms with E-state index in [0.29, 0.717) is 24.9 Å². The van der Waals surface area contributed by atoms with Crippen molar-refractivity contribution in [3.63, 3.8) is 0 Å². The molecule has 0 heterocycles. The van der Waals surface area contributed by atoms with E-state index >= 15 is 0 Å². The Balaban J connectivity index is 1.89. The van der Waals surface area contributed by atoms with E-state index in [-0.39, 0.29) is 10.6 Å². The van der Waals surface area contributed by atoms with E-state index in [9.17, 15) is 12.8 Å². The average molecular weight is 298 g/mol. The molecule has 0 amide bonds. The van der Waals surface area contributed by atoms with Gasteiger partial charge in [-0.25, -0.2) is 12.8 Å². The molecule has 2 aliphatic rings. The fourth-order valence-corrected chi connectivity index (χ4v) is 4.03. The number of nitrogens with zero attached hydrogens (tertiary/aromatic N) is 1. The van der Waals surface area contributed by atoms with E-state index in [4.69, 9.17) is 5.73 Å². The lowest BCUT2D eigenvalue weighted by molar-refractivity contribution is 0.382. The Morgan fingerprint density at radius 1 is 1.15 bits per heavy atom. The topological polar surface area (TPSA) is 63.4 Å². The molecule has 20 heavy (non-hydrogen) atoms. The molecule has 2 fully saturated rings. The van der Waals surface area contributed by atoms with Gasteiger partial charge < -0.3 is 5.73 Å². The number of nitrogens with two attached hydrogens (primary N) is 1. The van der Waals surface area contributed by atoms with E-state index in [1.54, 1.807) is 4.31 Å². The number of rotatable bonds is 6. The quantitative estimate of drug-likeness (QED) is 0.819. The highest BCUT2D eigenvalue weighted by atomic mass is 32.2. The van der Waals surface area contributed by atoms with Gasteiger partial charge in [-0.3, -0.25) is 0 Å². The Kier molecular flexibility index (Phi) is 3.46. The highest BCUT2D eigenvalue weighted by Gasteiger charge is 2.36. The number of halogens is 1. The van der Waals surface area contributed by atoms with E-state index in [0.717, 1.165) is 37.8 Å². The van der Waals surface area contributed by atoms with Crippen LogP contribution in [0.15, 0.2) is 23.1 Å². The average Bonchev–Trinajstić information content (AvgIpc) is 3.22. The van der Waals surface area contributed by atoms with Gasteiger partial charge in [-0.15, -0.1) is 0 Å². The molecule has 1 aromatic rings. The third-order valence-corrected chi connectivity index (χ3v) is 5.81. The summed E-state index contributed by atoms with van der Waals surface area (Å²) in [5, 5.41) is 0. The minimum Gasteiger partial charge on any atom is -0.398 e. The van der Waals surface area contributed by atoms with E-state index in [1.807, 2.05) is 0 Å². The molecule has 0 aliphatic heterocycles. The molecule has 4 nitrogen and oxygen atoms in total. The summed E-state index contributed by atoms with van der Waals surface area (Å²) in [6, 6.07) is 3.49. The molecule has 0 spiro atoms. The smallest absolute Gasteiger partial charge is 0.245 e. The van der Waals surface area contributed by atoms with Gasteiger partial charge in [0, 0.05) is 13.1 Å². The van der Waals surface area contributed by atoms with Crippen LogP contribution in [0, 0.1) is 17.7 Å². The lowest BCUT2D eigenvalue weighted by atomic mass is 10.3. The maximum Gasteiger partial charge on any atom is 0.245 e. The number of hydrogen-bond donors (Lipinski definition) is 1. The van der Waals surface area contributed by atoms with Gasteiger partial charge in [-0.1, -0.05) is 0 Å². The summed E-state index contributed by atoms with van der Waals surface area (Å²) in [4.78, 5) is 0.0280. The standard InChI is InChI=1S/C14H19FN2O2S/c15-12-5-6-14(13(16)7-12)20(18,19)17(8-10-1-2-10)9-11-3-4-11/h5-7,10-11H,1-4,8-9,16H2. The monoisotopic (exact) mass is 298 g/mol. The Morgan fingerprint density at radius 3 is 2.15 bits per heavy atom.